The van der Waals surface area contributed by atoms with Gasteiger partial charge in [-0.3, -0.25) is 4.79 Å². The average molecular weight is 282 g/mol. The molecule has 20 heavy (non-hydrogen) atoms. The summed E-state index contributed by atoms with van der Waals surface area (Å²) in [6, 6.07) is 0. The number of carbonyl (C=O) groups is 1. The van der Waals surface area contributed by atoms with E-state index in [1.807, 2.05) is 0 Å². The fraction of sp³-hybridized carbons (Fsp3) is 0.941. The Kier molecular flexibility index (Phi) is 7.57. The van der Waals surface area contributed by atoms with Crippen molar-refractivity contribution in [2.75, 3.05) is 26.2 Å². The quantitative estimate of drug-likeness (QED) is 0.778. The van der Waals surface area contributed by atoms with Crippen LogP contribution in [0.25, 0.3) is 0 Å². The van der Waals surface area contributed by atoms with Crippen molar-refractivity contribution in [3.05, 3.63) is 0 Å². The normalized spacial score (nSPS) is 21.2. The second-order valence-corrected chi connectivity index (χ2v) is 7.37. The third kappa shape index (κ3) is 6.25. The summed E-state index contributed by atoms with van der Waals surface area (Å²) in [6.45, 7) is 15.0. The standard InChI is InChI=1S/C17H34N2O/c1-13(2)11-19(12-14(3)4)17(20)9-15(5)16-7-6-8-18-10-16/h13-16,18H,6-12H2,1-5H3. The van der Waals surface area contributed by atoms with E-state index in [-0.39, 0.29) is 0 Å². The van der Waals surface area contributed by atoms with E-state index in [1.165, 1.54) is 12.8 Å². The molecule has 1 amide bonds. The lowest BCUT2D eigenvalue weighted by atomic mass is 9.85. The van der Waals surface area contributed by atoms with Crippen LogP contribution in [0.1, 0.15) is 53.9 Å². The first kappa shape index (κ1) is 17.5. The minimum Gasteiger partial charge on any atom is -0.342 e. The second-order valence-electron chi connectivity index (χ2n) is 7.37. The summed E-state index contributed by atoms with van der Waals surface area (Å²) in [5, 5.41) is 3.46. The number of piperidine rings is 1. The van der Waals surface area contributed by atoms with Crippen LogP contribution < -0.4 is 5.32 Å². The van der Waals surface area contributed by atoms with Crippen molar-refractivity contribution >= 4 is 5.91 Å². The number of carbonyl (C=O) groups excluding carboxylic acids is 1. The maximum atomic E-state index is 12.6. The van der Waals surface area contributed by atoms with Crippen LogP contribution in [-0.4, -0.2) is 37.0 Å². The van der Waals surface area contributed by atoms with Crippen molar-refractivity contribution in [3.63, 3.8) is 0 Å². The number of hydrogen-bond donors (Lipinski definition) is 1. The van der Waals surface area contributed by atoms with Crippen LogP contribution in [0.3, 0.4) is 0 Å². The highest BCUT2D eigenvalue weighted by molar-refractivity contribution is 5.76. The predicted octanol–water partition coefficient (Wildman–Crippen LogP) is 3.15. The van der Waals surface area contributed by atoms with Gasteiger partial charge >= 0.3 is 0 Å². The van der Waals surface area contributed by atoms with Crippen LogP contribution in [-0.2, 0) is 4.79 Å². The lowest BCUT2D eigenvalue weighted by Gasteiger charge is -2.31. The van der Waals surface area contributed by atoms with Crippen LogP contribution in [0, 0.1) is 23.7 Å². The Bertz CT molecular complexity index is 273. The van der Waals surface area contributed by atoms with Gasteiger partial charge in [-0.25, -0.2) is 0 Å². The predicted molar refractivity (Wildman–Crippen MR) is 85.6 cm³/mol. The van der Waals surface area contributed by atoms with Gasteiger partial charge in [0.05, 0.1) is 0 Å². The smallest absolute Gasteiger partial charge is 0.222 e. The topological polar surface area (TPSA) is 32.3 Å². The largest absolute Gasteiger partial charge is 0.342 e. The summed E-state index contributed by atoms with van der Waals surface area (Å²) in [5.74, 6) is 2.61. The Labute approximate surface area is 125 Å². The Balaban J connectivity index is 2.50. The molecule has 0 aromatic carbocycles. The van der Waals surface area contributed by atoms with E-state index in [1.54, 1.807) is 0 Å². The van der Waals surface area contributed by atoms with Crippen LogP contribution >= 0.6 is 0 Å². The SMILES string of the molecule is CC(C)CN(CC(C)C)C(=O)CC(C)C1CCCNC1. The van der Waals surface area contributed by atoms with Gasteiger partial charge in [-0.2, -0.15) is 0 Å². The van der Waals surface area contributed by atoms with Crippen molar-refractivity contribution < 1.29 is 4.79 Å². The fourth-order valence-electron chi connectivity index (χ4n) is 3.10. The molecule has 1 fully saturated rings. The molecule has 1 N–H and O–H groups in total. The van der Waals surface area contributed by atoms with Crippen LogP contribution in [0.2, 0.25) is 0 Å². The molecule has 1 heterocycles. The number of nitrogens with zero attached hydrogens (tertiary/aromatic N) is 1. The molecule has 1 rings (SSSR count). The van der Waals surface area contributed by atoms with Crippen molar-refractivity contribution in [3.8, 4) is 0 Å². The Hall–Kier alpha value is -0.570. The third-order valence-corrected chi connectivity index (χ3v) is 4.16. The monoisotopic (exact) mass is 282 g/mol. The van der Waals surface area contributed by atoms with Gasteiger partial charge in [0.25, 0.3) is 0 Å². The van der Waals surface area contributed by atoms with Crippen LogP contribution in [0.15, 0.2) is 0 Å². The molecule has 0 saturated carbocycles. The Morgan fingerprint density at radius 3 is 2.20 bits per heavy atom. The van der Waals surface area contributed by atoms with Crippen molar-refractivity contribution in [2.24, 2.45) is 23.7 Å². The molecule has 3 heteroatoms. The molecule has 2 atom stereocenters. The highest BCUT2D eigenvalue weighted by Gasteiger charge is 2.24. The van der Waals surface area contributed by atoms with Crippen molar-refractivity contribution in [1.29, 1.82) is 0 Å². The van der Waals surface area contributed by atoms with E-state index in [9.17, 15) is 4.79 Å². The average Bonchev–Trinajstić information content (AvgIpc) is 2.37. The molecule has 0 bridgehead atoms. The zero-order valence-electron chi connectivity index (χ0n) is 14.1. The van der Waals surface area contributed by atoms with Crippen LogP contribution in [0.5, 0.6) is 0 Å². The molecule has 0 radical (unpaired) electrons. The van der Waals surface area contributed by atoms with Gasteiger partial charge in [0.15, 0.2) is 0 Å². The van der Waals surface area contributed by atoms with Gasteiger partial charge in [-0.1, -0.05) is 34.6 Å². The zero-order valence-corrected chi connectivity index (χ0v) is 14.1. The zero-order chi connectivity index (χ0) is 15.1. The van der Waals surface area contributed by atoms with Crippen LogP contribution in [0.4, 0.5) is 0 Å². The summed E-state index contributed by atoms with van der Waals surface area (Å²) in [5.41, 5.74) is 0. The summed E-state index contributed by atoms with van der Waals surface area (Å²) in [7, 11) is 0. The van der Waals surface area contributed by atoms with E-state index in [0.717, 1.165) is 26.2 Å². The van der Waals surface area contributed by atoms with Crippen molar-refractivity contribution in [2.45, 2.75) is 53.9 Å². The molecule has 0 aliphatic carbocycles. The van der Waals surface area contributed by atoms with Gasteiger partial charge in [0, 0.05) is 19.5 Å². The van der Waals surface area contributed by atoms with Gasteiger partial charge in [-0.05, 0) is 49.6 Å². The second kappa shape index (κ2) is 8.66. The minimum atomic E-state index is 0.352. The van der Waals surface area contributed by atoms with E-state index >= 15 is 0 Å². The van der Waals surface area contributed by atoms with E-state index in [4.69, 9.17) is 0 Å². The molecule has 1 aliphatic heterocycles. The van der Waals surface area contributed by atoms with Gasteiger partial charge in [-0.15, -0.1) is 0 Å². The highest BCUT2D eigenvalue weighted by atomic mass is 16.2. The molecule has 1 aliphatic rings. The van der Waals surface area contributed by atoms with Gasteiger partial charge in [0.1, 0.15) is 0 Å². The first-order chi connectivity index (χ1) is 9.40. The van der Waals surface area contributed by atoms with Crippen molar-refractivity contribution in [1.82, 2.24) is 10.2 Å². The van der Waals surface area contributed by atoms with E-state index in [2.05, 4.69) is 44.8 Å². The number of rotatable bonds is 7. The first-order valence-electron chi connectivity index (χ1n) is 8.38. The molecule has 118 valence electrons. The minimum absolute atomic E-state index is 0.352. The van der Waals surface area contributed by atoms with Gasteiger partial charge in [0.2, 0.25) is 5.91 Å². The van der Waals surface area contributed by atoms with E-state index in [0.29, 0.717) is 36.0 Å². The lowest BCUT2D eigenvalue weighted by molar-refractivity contribution is -0.133. The third-order valence-electron chi connectivity index (χ3n) is 4.16. The summed E-state index contributed by atoms with van der Waals surface area (Å²) in [6.07, 6.45) is 3.24. The molecule has 0 aromatic rings. The molecular weight excluding hydrogens is 248 g/mol. The molecule has 3 nitrogen and oxygen atoms in total. The maximum Gasteiger partial charge on any atom is 0.222 e. The molecule has 1 saturated heterocycles. The lowest BCUT2D eigenvalue weighted by Crippen LogP contribution is -2.40. The summed E-state index contributed by atoms with van der Waals surface area (Å²) < 4.78 is 0. The molecule has 2 unspecified atom stereocenters. The highest BCUT2D eigenvalue weighted by Crippen LogP contribution is 2.23. The summed E-state index contributed by atoms with van der Waals surface area (Å²) in [4.78, 5) is 14.7. The molecule has 0 spiro atoms. The maximum absolute atomic E-state index is 12.6. The fourth-order valence-corrected chi connectivity index (χ4v) is 3.10. The Morgan fingerprint density at radius 1 is 1.15 bits per heavy atom. The van der Waals surface area contributed by atoms with E-state index < -0.39 is 0 Å². The number of nitrogens with one attached hydrogen (secondary N) is 1. The Morgan fingerprint density at radius 2 is 1.75 bits per heavy atom. The van der Waals surface area contributed by atoms with Gasteiger partial charge < -0.3 is 10.2 Å². The number of hydrogen-bond acceptors (Lipinski definition) is 2. The molecular formula is C17H34N2O. The summed E-state index contributed by atoms with van der Waals surface area (Å²) >= 11 is 0. The molecule has 0 aromatic heterocycles. The first-order valence-corrected chi connectivity index (χ1v) is 8.38. The number of amides is 1.